The summed E-state index contributed by atoms with van der Waals surface area (Å²) in [5.74, 6) is -1.02. The molecule has 2 atom stereocenters. The van der Waals surface area contributed by atoms with E-state index in [9.17, 15) is 4.79 Å². The zero-order chi connectivity index (χ0) is 10.7. The van der Waals surface area contributed by atoms with Gasteiger partial charge in [-0.1, -0.05) is 0 Å². The number of aromatic nitrogens is 2. The second-order valence-corrected chi connectivity index (χ2v) is 6.84. The van der Waals surface area contributed by atoms with Gasteiger partial charge in [0.1, 0.15) is 0 Å². The van der Waals surface area contributed by atoms with Gasteiger partial charge in [-0.2, -0.15) is 0 Å². The molecular formula is C9H12AsN3O2. The quantitative estimate of drug-likeness (QED) is 0.690. The second-order valence-electron chi connectivity index (χ2n) is 3.44. The fourth-order valence-electron chi connectivity index (χ4n) is 1.51. The Labute approximate surface area is 94.0 Å². The number of carboxylic acid groups (broad SMARTS) is 1. The molecule has 15 heavy (non-hydrogen) atoms. The number of carboxylic acids is 1. The SMILES string of the molecule is O=C(O)c1ccc([AsH]C2CCNC2)nn1. The minimum absolute atomic E-state index is 0.0231. The molecule has 1 fully saturated rings. The molecule has 0 saturated carbocycles. The van der Waals surface area contributed by atoms with Crippen molar-refractivity contribution >= 4 is 26.2 Å². The number of nitrogens with zero attached hydrogens (tertiary/aromatic N) is 2. The van der Waals surface area contributed by atoms with Crippen molar-refractivity contribution in [2.24, 2.45) is 0 Å². The summed E-state index contributed by atoms with van der Waals surface area (Å²) in [6, 6.07) is 3.34. The van der Waals surface area contributed by atoms with Crippen LogP contribution in [0.1, 0.15) is 16.9 Å². The zero-order valence-corrected chi connectivity index (χ0v) is 10.2. The van der Waals surface area contributed by atoms with Crippen LogP contribution in [-0.4, -0.2) is 50.1 Å². The zero-order valence-electron chi connectivity index (χ0n) is 8.10. The van der Waals surface area contributed by atoms with Gasteiger partial charge in [0.15, 0.2) is 0 Å². The van der Waals surface area contributed by atoms with Crippen molar-refractivity contribution in [3.63, 3.8) is 0 Å². The molecule has 2 unspecified atom stereocenters. The Morgan fingerprint density at radius 3 is 2.93 bits per heavy atom. The van der Waals surface area contributed by atoms with Gasteiger partial charge in [0, 0.05) is 0 Å². The van der Waals surface area contributed by atoms with Gasteiger partial charge in [-0.3, -0.25) is 0 Å². The Morgan fingerprint density at radius 1 is 1.53 bits per heavy atom. The molecule has 0 spiro atoms. The van der Waals surface area contributed by atoms with Crippen molar-refractivity contribution in [1.82, 2.24) is 15.5 Å². The fraction of sp³-hybridized carbons (Fsp3) is 0.444. The van der Waals surface area contributed by atoms with E-state index in [1.807, 2.05) is 0 Å². The summed E-state index contributed by atoms with van der Waals surface area (Å²) >= 11 is -0.277. The van der Waals surface area contributed by atoms with Crippen LogP contribution in [0.15, 0.2) is 12.1 Å². The van der Waals surface area contributed by atoms with E-state index in [2.05, 4.69) is 15.5 Å². The number of rotatable bonds is 3. The van der Waals surface area contributed by atoms with E-state index in [0.29, 0.717) is 0 Å². The third-order valence-electron chi connectivity index (χ3n) is 2.30. The average molecular weight is 269 g/mol. The molecule has 2 N–H and O–H groups in total. The summed E-state index contributed by atoms with van der Waals surface area (Å²) in [6.07, 6.45) is 1.21. The van der Waals surface area contributed by atoms with Crippen LogP contribution in [0.3, 0.4) is 0 Å². The van der Waals surface area contributed by atoms with Crippen molar-refractivity contribution < 1.29 is 9.90 Å². The normalized spacial score (nSPS) is 21.2. The van der Waals surface area contributed by atoms with Crippen molar-refractivity contribution in [3.8, 4) is 0 Å². The second kappa shape index (κ2) is 4.73. The maximum atomic E-state index is 10.6. The first-order valence-corrected chi connectivity index (χ1v) is 7.06. The van der Waals surface area contributed by atoms with Crippen molar-refractivity contribution in [1.29, 1.82) is 0 Å². The summed E-state index contributed by atoms with van der Waals surface area (Å²) in [4.78, 5) is 10.6. The van der Waals surface area contributed by atoms with Gasteiger partial charge in [0.2, 0.25) is 0 Å². The standard InChI is InChI=1S/C9H12AsN3O2/c14-9(15)7-1-2-8(13-12-7)10-6-3-4-11-5-6/h1-2,6,10-11H,3-5H2,(H,14,15). The Bertz CT molecular complexity index is 349. The maximum absolute atomic E-state index is 10.6. The molecule has 0 aromatic carbocycles. The summed E-state index contributed by atoms with van der Waals surface area (Å²) in [6.45, 7) is 2.16. The molecule has 6 heteroatoms. The molecule has 0 amide bonds. The van der Waals surface area contributed by atoms with Crippen LogP contribution in [0.2, 0.25) is 4.71 Å². The first-order valence-electron chi connectivity index (χ1n) is 4.80. The van der Waals surface area contributed by atoms with Crippen LogP contribution in [0, 0.1) is 0 Å². The molecule has 0 radical (unpaired) electrons. The molecule has 0 aliphatic carbocycles. The molecule has 1 aromatic heterocycles. The molecule has 1 aromatic rings. The Hall–Kier alpha value is -0.932. The Balaban J connectivity index is 2.00. The first-order chi connectivity index (χ1) is 7.25. The van der Waals surface area contributed by atoms with Crippen molar-refractivity contribution in [3.05, 3.63) is 17.8 Å². The first kappa shape index (κ1) is 10.6. The Kier molecular flexibility index (Phi) is 3.33. The van der Waals surface area contributed by atoms with E-state index in [-0.39, 0.29) is 21.4 Å². The number of hydrogen-bond donors (Lipinski definition) is 2. The van der Waals surface area contributed by atoms with Crippen molar-refractivity contribution in [2.75, 3.05) is 13.1 Å². The molecule has 1 saturated heterocycles. The third kappa shape index (κ3) is 2.76. The van der Waals surface area contributed by atoms with Crippen LogP contribution in [0.5, 0.6) is 0 Å². The number of carbonyl (C=O) groups is 1. The van der Waals surface area contributed by atoms with Gasteiger partial charge in [-0.25, -0.2) is 0 Å². The number of nitrogens with one attached hydrogen (secondary N) is 1. The molecule has 2 heterocycles. The van der Waals surface area contributed by atoms with Gasteiger partial charge >= 0.3 is 93.7 Å². The van der Waals surface area contributed by atoms with Gasteiger partial charge in [0.25, 0.3) is 0 Å². The molecular weight excluding hydrogens is 257 g/mol. The van der Waals surface area contributed by atoms with Gasteiger partial charge in [-0.15, -0.1) is 0 Å². The number of aromatic carboxylic acids is 1. The molecule has 1 aliphatic rings. The monoisotopic (exact) mass is 269 g/mol. The predicted octanol–water partition coefficient (Wildman–Crippen LogP) is -0.982. The molecule has 0 bridgehead atoms. The van der Waals surface area contributed by atoms with Crippen molar-refractivity contribution in [2.45, 2.75) is 11.1 Å². The van der Waals surface area contributed by atoms with Gasteiger partial charge in [-0.05, 0) is 0 Å². The molecule has 5 nitrogen and oxygen atoms in total. The summed E-state index contributed by atoms with van der Waals surface area (Å²) in [5, 5.41) is 19.6. The topological polar surface area (TPSA) is 75.1 Å². The van der Waals surface area contributed by atoms with Crippen LogP contribution >= 0.6 is 0 Å². The molecule has 2 rings (SSSR count). The summed E-state index contributed by atoms with van der Waals surface area (Å²) in [7, 11) is 0. The van der Waals surface area contributed by atoms with E-state index >= 15 is 0 Å². The van der Waals surface area contributed by atoms with E-state index in [4.69, 9.17) is 5.11 Å². The average Bonchev–Trinajstić information content (AvgIpc) is 2.71. The fourth-order valence-corrected chi connectivity index (χ4v) is 4.11. The third-order valence-corrected chi connectivity index (χ3v) is 5.37. The number of hydrogen-bond acceptors (Lipinski definition) is 4. The summed E-state index contributed by atoms with van der Waals surface area (Å²) in [5.41, 5.74) is 0.0231. The minimum atomic E-state index is -1.02. The van der Waals surface area contributed by atoms with E-state index in [1.165, 1.54) is 12.5 Å². The van der Waals surface area contributed by atoms with E-state index in [1.54, 1.807) is 6.07 Å². The predicted molar refractivity (Wildman–Crippen MR) is 57.0 cm³/mol. The van der Waals surface area contributed by atoms with E-state index in [0.717, 1.165) is 22.3 Å². The Morgan fingerprint density at radius 2 is 2.40 bits per heavy atom. The van der Waals surface area contributed by atoms with Gasteiger partial charge < -0.3 is 0 Å². The van der Waals surface area contributed by atoms with Crippen LogP contribution in [0.25, 0.3) is 0 Å². The summed E-state index contributed by atoms with van der Waals surface area (Å²) < 4.78 is 1.73. The van der Waals surface area contributed by atoms with Crippen LogP contribution in [0.4, 0.5) is 0 Å². The van der Waals surface area contributed by atoms with Crippen LogP contribution < -0.4 is 9.80 Å². The van der Waals surface area contributed by atoms with E-state index < -0.39 is 5.97 Å². The molecule has 1 aliphatic heterocycles. The van der Waals surface area contributed by atoms with Gasteiger partial charge in [0.05, 0.1) is 0 Å². The van der Waals surface area contributed by atoms with Crippen LogP contribution in [-0.2, 0) is 0 Å². The molecule has 80 valence electrons.